The van der Waals surface area contributed by atoms with Gasteiger partial charge in [-0.15, -0.1) is 0 Å². The maximum atomic E-state index is 12.2. The second-order valence-electron chi connectivity index (χ2n) is 5.39. The average molecular weight is 300 g/mol. The van der Waals surface area contributed by atoms with Crippen LogP contribution in [0.3, 0.4) is 0 Å². The lowest BCUT2D eigenvalue weighted by atomic mass is 10.1. The lowest BCUT2D eigenvalue weighted by molar-refractivity contribution is 0.0938. The highest BCUT2D eigenvalue weighted by Crippen LogP contribution is 2.25. The molecule has 1 saturated carbocycles. The summed E-state index contributed by atoms with van der Waals surface area (Å²) in [5, 5.41) is 1.02. The predicted octanol–water partition coefficient (Wildman–Crippen LogP) is 4.30. The van der Waals surface area contributed by atoms with E-state index < -0.39 is 0 Å². The van der Waals surface area contributed by atoms with Gasteiger partial charge < -0.3 is 0 Å². The highest BCUT2D eigenvalue weighted by atomic mass is 35.5. The predicted molar refractivity (Wildman–Crippen MR) is 80.2 cm³/mol. The molecule has 0 N–H and O–H groups in total. The molecule has 0 atom stereocenters. The first-order valence-corrected chi connectivity index (χ1v) is 7.48. The molecule has 1 aromatic rings. The van der Waals surface area contributed by atoms with E-state index in [1.807, 2.05) is 7.05 Å². The van der Waals surface area contributed by atoms with E-state index in [2.05, 4.69) is 4.90 Å². The quantitative estimate of drug-likeness (QED) is 0.756. The first-order chi connectivity index (χ1) is 9.06. The Morgan fingerprint density at radius 1 is 1.32 bits per heavy atom. The molecule has 104 valence electrons. The largest absolute Gasteiger partial charge is 0.299 e. The number of Topliss-reactive ketones (excluding diaryl/α,β-unsaturated/α-hetero) is 1. The molecule has 2 nitrogen and oxygen atoms in total. The minimum atomic E-state index is 0.0352. The highest BCUT2D eigenvalue weighted by Gasteiger charge is 2.19. The zero-order valence-electron chi connectivity index (χ0n) is 11.2. The van der Waals surface area contributed by atoms with E-state index in [0.29, 0.717) is 22.2 Å². The summed E-state index contributed by atoms with van der Waals surface area (Å²) in [7, 11) is 1.99. The van der Waals surface area contributed by atoms with Crippen molar-refractivity contribution < 1.29 is 4.79 Å². The summed E-state index contributed by atoms with van der Waals surface area (Å²) in [6.07, 6.45) is 5.23. The number of ketones is 1. The number of likely N-dealkylation sites (N-methyl/N-ethyl adjacent to an activating group) is 1. The molecule has 0 heterocycles. The molecule has 0 amide bonds. The van der Waals surface area contributed by atoms with E-state index >= 15 is 0 Å². The molecule has 0 aromatic heterocycles. The third kappa shape index (κ3) is 4.20. The van der Waals surface area contributed by atoms with Gasteiger partial charge in [-0.2, -0.15) is 0 Å². The molecule has 19 heavy (non-hydrogen) atoms. The Morgan fingerprint density at radius 3 is 2.68 bits per heavy atom. The fourth-order valence-electron chi connectivity index (χ4n) is 2.74. The van der Waals surface area contributed by atoms with E-state index in [0.717, 1.165) is 12.5 Å². The summed E-state index contributed by atoms with van der Waals surface area (Å²) in [5.41, 5.74) is 0.521. The van der Waals surface area contributed by atoms with E-state index in [1.54, 1.807) is 18.2 Å². The Labute approximate surface area is 124 Å². The molecular formula is C15H19Cl2NO. The number of hydrogen-bond acceptors (Lipinski definition) is 2. The van der Waals surface area contributed by atoms with Crippen molar-refractivity contribution in [2.45, 2.75) is 25.7 Å². The SMILES string of the molecule is CN(CC(=O)c1cc(Cl)ccc1Cl)CC1CCCC1. The fourth-order valence-corrected chi connectivity index (χ4v) is 3.13. The van der Waals surface area contributed by atoms with Crippen LogP contribution in [0.5, 0.6) is 0 Å². The van der Waals surface area contributed by atoms with Crippen LogP contribution in [-0.2, 0) is 0 Å². The van der Waals surface area contributed by atoms with Crippen molar-refractivity contribution in [3.05, 3.63) is 33.8 Å². The van der Waals surface area contributed by atoms with Crippen LogP contribution in [0.15, 0.2) is 18.2 Å². The maximum Gasteiger partial charge on any atom is 0.178 e. The molecule has 0 bridgehead atoms. The molecule has 1 fully saturated rings. The van der Waals surface area contributed by atoms with Gasteiger partial charge in [-0.1, -0.05) is 36.0 Å². The molecule has 0 saturated heterocycles. The Hall–Kier alpha value is -0.570. The summed E-state index contributed by atoms with van der Waals surface area (Å²) >= 11 is 12.0. The monoisotopic (exact) mass is 299 g/mol. The van der Waals surface area contributed by atoms with Gasteiger partial charge in [-0.3, -0.25) is 9.69 Å². The van der Waals surface area contributed by atoms with Crippen LogP contribution >= 0.6 is 23.2 Å². The fraction of sp³-hybridized carbons (Fsp3) is 0.533. The number of nitrogens with zero attached hydrogens (tertiary/aromatic N) is 1. The van der Waals surface area contributed by atoms with Gasteiger partial charge >= 0.3 is 0 Å². The van der Waals surface area contributed by atoms with Crippen LogP contribution in [-0.4, -0.2) is 30.8 Å². The molecule has 1 aliphatic rings. The van der Waals surface area contributed by atoms with Crippen molar-refractivity contribution in [3.63, 3.8) is 0 Å². The topological polar surface area (TPSA) is 20.3 Å². The molecule has 0 radical (unpaired) electrons. The van der Waals surface area contributed by atoms with E-state index in [9.17, 15) is 4.79 Å². The number of carbonyl (C=O) groups excluding carboxylic acids is 1. The third-order valence-electron chi connectivity index (χ3n) is 3.69. The molecule has 4 heteroatoms. The third-order valence-corrected chi connectivity index (χ3v) is 4.25. The first-order valence-electron chi connectivity index (χ1n) is 6.73. The molecule has 2 rings (SSSR count). The summed E-state index contributed by atoms with van der Waals surface area (Å²) in [5.74, 6) is 0.778. The Kier molecular flexibility index (Phi) is 5.26. The summed E-state index contributed by atoms with van der Waals surface area (Å²) in [4.78, 5) is 14.3. The summed E-state index contributed by atoms with van der Waals surface area (Å²) in [6.45, 7) is 1.39. The van der Waals surface area contributed by atoms with Gasteiger partial charge in [-0.05, 0) is 44.0 Å². The second kappa shape index (κ2) is 6.74. The van der Waals surface area contributed by atoms with Crippen molar-refractivity contribution in [1.29, 1.82) is 0 Å². The van der Waals surface area contributed by atoms with Crippen molar-refractivity contribution in [2.75, 3.05) is 20.1 Å². The minimum Gasteiger partial charge on any atom is -0.299 e. The molecule has 0 aliphatic heterocycles. The summed E-state index contributed by atoms with van der Waals surface area (Å²) < 4.78 is 0. The minimum absolute atomic E-state index is 0.0352. The van der Waals surface area contributed by atoms with Crippen molar-refractivity contribution in [1.82, 2.24) is 4.90 Å². The smallest absolute Gasteiger partial charge is 0.178 e. The van der Waals surface area contributed by atoms with E-state index in [-0.39, 0.29) is 5.78 Å². The van der Waals surface area contributed by atoms with Gasteiger partial charge in [0.1, 0.15) is 0 Å². The zero-order valence-corrected chi connectivity index (χ0v) is 12.7. The molecule has 0 unspecified atom stereocenters. The molecule has 1 aromatic carbocycles. The van der Waals surface area contributed by atoms with Gasteiger partial charge in [0.15, 0.2) is 5.78 Å². The Bertz CT molecular complexity index is 455. The van der Waals surface area contributed by atoms with Crippen LogP contribution in [0.1, 0.15) is 36.0 Å². The van der Waals surface area contributed by atoms with Crippen molar-refractivity contribution in [3.8, 4) is 0 Å². The van der Waals surface area contributed by atoms with Crippen LogP contribution < -0.4 is 0 Å². The van der Waals surface area contributed by atoms with Crippen LogP contribution in [0, 0.1) is 5.92 Å². The van der Waals surface area contributed by atoms with Gasteiger partial charge in [-0.25, -0.2) is 0 Å². The number of halogens is 2. The average Bonchev–Trinajstić information content (AvgIpc) is 2.84. The number of benzene rings is 1. The van der Waals surface area contributed by atoms with Gasteiger partial charge in [0.2, 0.25) is 0 Å². The summed E-state index contributed by atoms with van der Waals surface area (Å²) in [6, 6.07) is 5.02. The van der Waals surface area contributed by atoms with Crippen LogP contribution in [0.2, 0.25) is 10.0 Å². The van der Waals surface area contributed by atoms with Crippen molar-refractivity contribution >= 4 is 29.0 Å². The maximum absolute atomic E-state index is 12.2. The lowest BCUT2D eigenvalue weighted by Crippen LogP contribution is -2.30. The van der Waals surface area contributed by atoms with E-state index in [1.165, 1.54) is 25.7 Å². The lowest BCUT2D eigenvalue weighted by Gasteiger charge is -2.20. The zero-order chi connectivity index (χ0) is 13.8. The van der Waals surface area contributed by atoms with Crippen LogP contribution in [0.25, 0.3) is 0 Å². The highest BCUT2D eigenvalue weighted by molar-refractivity contribution is 6.36. The normalized spacial score (nSPS) is 16.2. The standard InChI is InChI=1S/C15H19Cl2NO/c1-18(9-11-4-2-3-5-11)10-15(19)13-8-12(16)6-7-14(13)17/h6-8,11H,2-5,9-10H2,1H3. The molecule has 0 spiro atoms. The number of rotatable bonds is 5. The van der Waals surface area contributed by atoms with E-state index in [4.69, 9.17) is 23.2 Å². The molecular weight excluding hydrogens is 281 g/mol. The van der Waals surface area contributed by atoms with Crippen LogP contribution in [0.4, 0.5) is 0 Å². The number of hydrogen-bond donors (Lipinski definition) is 0. The van der Waals surface area contributed by atoms with Gasteiger partial charge in [0, 0.05) is 17.1 Å². The Morgan fingerprint density at radius 2 is 2.00 bits per heavy atom. The Balaban J connectivity index is 1.94. The van der Waals surface area contributed by atoms with Gasteiger partial charge in [0.05, 0.1) is 11.6 Å². The first kappa shape index (κ1) is 14.8. The second-order valence-corrected chi connectivity index (χ2v) is 6.24. The number of carbonyl (C=O) groups is 1. The van der Waals surface area contributed by atoms with Crippen molar-refractivity contribution in [2.24, 2.45) is 5.92 Å². The van der Waals surface area contributed by atoms with Gasteiger partial charge in [0.25, 0.3) is 0 Å². The molecule has 1 aliphatic carbocycles.